The summed E-state index contributed by atoms with van der Waals surface area (Å²) in [5.74, 6) is 0.835. The molecule has 0 unspecified atom stereocenters. The number of rotatable bonds is 6. The van der Waals surface area contributed by atoms with E-state index in [-0.39, 0.29) is 6.42 Å². The fourth-order valence-corrected chi connectivity index (χ4v) is 2.14. The summed E-state index contributed by atoms with van der Waals surface area (Å²) in [5, 5.41) is 0. The number of hydrogen-bond donors (Lipinski definition) is 0. The maximum Gasteiger partial charge on any atom is 0.242 e. The van der Waals surface area contributed by atoms with Crippen LogP contribution in [0.5, 0.6) is 0 Å². The van der Waals surface area contributed by atoms with Crippen molar-refractivity contribution in [3.05, 3.63) is 41.5 Å². The molecule has 0 N–H and O–H groups in total. The molecule has 0 heterocycles. The van der Waals surface area contributed by atoms with E-state index >= 15 is 0 Å². The molecule has 1 fully saturated rings. The Hall–Kier alpha value is -1.18. The molecule has 92 valence electrons. The molecule has 0 amide bonds. The van der Waals surface area contributed by atoms with E-state index < -0.39 is 6.43 Å². The van der Waals surface area contributed by atoms with Crippen molar-refractivity contribution in [3.8, 4) is 0 Å². The second-order valence-corrected chi connectivity index (χ2v) is 4.81. The highest BCUT2D eigenvalue weighted by Gasteiger charge is 2.21. The first-order valence-corrected chi connectivity index (χ1v) is 6.21. The molecule has 0 atom stereocenters. The van der Waals surface area contributed by atoms with Crippen LogP contribution in [-0.4, -0.2) is 6.43 Å². The number of halogens is 2. The molecule has 0 bridgehead atoms. The van der Waals surface area contributed by atoms with Gasteiger partial charge in [0.05, 0.1) is 0 Å². The Morgan fingerprint density at radius 3 is 2.65 bits per heavy atom. The summed E-state index contributed by atoms with van der Waals surface area (Å²) < 4.78 is 24.9. The zero-order chi connectivity index (χ0) is 12.3. The van der Waals surface area contributed by atoms with E-state index in [1.54, 1.807) is 6.08 Å². The van der Waals surface area contributed by atoms with Gasteiger partial charge in [-0.3, -0.25) is 0 Å². The Labute approximate surface area is 101 Å². The molecule has 1 saturated carbocycles. The Morgan fingerprint density at radius 1 is 1.29 bits per heavy atom. The van der Waals surface area contributed by atoms with Crippen LogP contribution in [0.4, 0.5) is 8.78 Å². The van der Waals surface area contributed by atoms with E-state index in [9.17, 15) is 8.78 Å². The summed E-state index contributed by atoms with van der Waals surface area (Å²) in [6.07, 6.45) is 4.07. The van der Waals surface area contributed by atoms with Crippen molar-refractivity contribution >= 4 is 6.08 Å². The van der Waals surface area contributed by atoms with Gasteiger partial charge in [-0.15, -0.1) is 0 Å². The molecular formula is C15H18F2. The lowest BCUT2D eigenvalue weighted by Gasteiger charge is -2.10. The average Bonchev–Trinajstić information content (AvgIpc) is 3.11. The lowest BCUT2D eigenvalue weighted by atomic mass is 9.97. The second kappa shape index (κ2) is 5.44. The summed E-state index contributed by atoms with van der Waals surface area (Å²) in [6.45, 7) is 3.72. The van der Waals surface area contributed by atoms with Gasteiger partial charge in [0.2, 0.25) is 6.43 Å². The van der Waals surface area contributed by atoms with Gasteiger partial charge in [0.1, 0.15) is 0 Å². The first-order chi connectivity index (χ1) is 8.19. The molecule has 17 heavy (non-hydrogen) atoms. The topological polar surface area (TPSA) is 0 Å². The molecule has 1 aliphatic rings. The minimum absolute atomic E-state index is 0.128. The first kappa shape index (κ1) is 12.3. The predicted molar refractivity (Wildman–Crippen MR) is 67.3 cm³/mol. The summed E-state index contributed by atoms with van der Waals surface area (Å²) in [4.78, 5) is 0. The smallest absolute Gasteiger partial charge is 0.210 e. The normalized spacial score (nSPS) is 15.2. The zero-order valence-corrected chi connectivity index (χ0v) is 9.96. The van der Waals surface area contributed by atoms with Crippen molar-refractivity contribution in [1.82, 2.24) is 0 Å². The summed E-state index contributed by atoms with van der Waals surface area (Å²) in [6, 6.07) is 5.70. The molecule has 2 rings (SSSR count). The Bertz CT molecular complexity index is 392. The third-order valence-electron chi connectivity index (χ3n) is 3.36. The minimum Gasteiger partial charge on any atom is -0.210 e. The van der Waals surface area contributed by atoms with Gasteiger partial charge >= 0.3 is 0 Å². The molecule has 1 aromatic rings. The molecule has 0 nitrogen and oxygen atoms in total. The second-order valence-electron chi connectivity index (χ2n) is 4.81. The fraction of sp³-hybridized carbons (Fsp3) is 0.467. The maximum atomic E-state index is 12.5. The predicted octanol–water partition coefficient (Wildman–Crippen LogP) is 4.48. The summed E-state index contributed by atoms with van der Waals surface area (Å²) >= 11 is 0. The molecule has 1 aliphatic carbocycles. The van der Waals surface area contributed by atoms with Crippen molar-refractivity contribution in [3.63, 3.8) is 0 Å². The number of hydrogen-bond acceptors (Lipinski definition) is 0. The van der Waals surface area contributed by atoms with Crippen molar-refractivity contribution in [2.75, 3.05) is 0 Å². The van der Waals surface area contributed by atoms with Crippen LogP contribution in [0.15, 0.2) is 24.8 Å². The average molecular weight is 236 g/mol. The van der Waals surface area contributed by atoms with Crippen molar-refractivity contribution in [1.29, 1.82) is 0 Å². The van der Waals surface area contributed by atoms with Crippen LogP contribution in [0.1, 0.15) is 36.0 Å². The van der Waals surface area contributed by atoms with Crippen molar-refractivity contribution in [2.45, 2.75) is 38.5 Å². The van der Waals surface area contributed by atoms with Crippen LogP contribution in [0, 0.1) is 5.92 Å². The molecule has 0 saturated heterocycles. The number of benzene rings is 1. The molecular weight excluding hydrogens is 218 g/mol. The monoisotopic (exact) mass is 236 g/mol. The van der Waals surface area contributed by atoms with Gasteiger partial charge in [-0.1, -0.05) is 43.7 Å². The lowest BCUT2D eigenvalue weighted by molar-refractivity contribution is 0.149. The van der Waals surface area contributed by atoms with Gasteiger partial charge in [0.15, 0.2) is 0 Å². The summed E-state index contributed by atoms with van der Waals surface area (Å²) in [5.41, 5.74) is 2.90. The molecule has 0 radical (unpaired) electrons. The van der Waals surface area contributed by atoms with Crippen LogP contribution in [0.25, 0.3) is 6.08 Å². The first-order valence-electron chi connectivity index (χ1n) is 6.21. The Morgan fingerprint density at radius 2 is 2.06 bits per heavy atom. The largest absolute Gasteiger partial charge is 0.242 e. The highest BCUT2D eigenvalue weighted by molar-refractivity contribution is 5.50. The molecule has 1 aromatic carbocycles. The van der Waals surface area contributed by atoms with E-state index in [1.807, 2.05) is 18.2 Å². The fourth-order valence-electron chi connectivity index (χ4n) is 2.14. The van der Waals surface area contributed by atoms with E-state index in [2.05, 4.69) is 6.58 Å². The van der Waals surface area contributed by atoms with E-state index in [4.69, 9.17) is 0 Å². The van der Waals surface area contributed by atoms with Crippen LogP contribution in [-0.2, 0) is 12.8 Å². The van der Waals surface area contributed by atoms with Crippen LogP contribution in [0.3, 0.4) is 0 Å². The van der Waals surface area contributed by atoms with Gasteiger partial charge in [-0.25, -0.2) is 8.78 Å². The van der Waals surface area contributed by atoms with Crippen LogP contribution in [0.2, 0.25) is 0 Å². The van der Waals surface area contributed by atoms with Gasteiger partial charge < -0.3 is 0 Å². The van der Waals surface area contributed by atoms with Gasteiger partial charge in [-0.2, -0.15) is 0 Å². The van der Waals surface area contributed by atoms with Crippen LogP contribution < -0.4 is 0 Å². The third-order valence-corrected chi connectivity index (χ3v) is 3.36. The molecule has 0 spiro atoms. The van der Waals surface area contributed by atoms with E-state index in [0.717, 1.165) is 35.4 Å². The minimum atomic E-state index is -2.26. The van der Waals surface area contributed by atoms with Crippen molar-refractivity contribution in [2.24, 2.45) is 5.92 Å². The Kier molecular flexibility index (Phi) is 3.93. The van der Waals surface area contributed by atoms with E-state index in [0.29, 0.717) is 0 Å². The highest BCUT2D eigenvalue weighted by Crippen LogP contribution is 2.34. The van der Waals surface area contributed by atoms with Gasteiger partial charge in [-0.05, 0) is 35.4 Å². The van der Waals surface area contributed by atoms with E-state index in [1.165, 1.54) is 12.8 Å². The summed E-state index contributed by atoms with van der Waals surface area (Å²) in [7, 11) is 0. The number of alkyl halides is 2. The molecule has 0 aliphatic heterocycles. The quantitative estimate of drug-likeness (QED) is 0.683. The standard InChI is InChI=1S/C15H18F2/c1-2-11-5-7-14(10-15(16)17)13(9-11)8-6-12-3-4-12/h2,5,7,9,12,15H,1,3-4,6,8,10H2. The SMILES string of the molecule is C=Cc1ccc(CC(F)F)c(CCC2CC2)c1. The lowest BCUT2D eigenvalue weighted by Crippen LogP contribution is -2.02. The number of aryl methyl sites for hydroxylation is 1. The Balaban J connectivity index is 2.12. The maximum absolute atomic E-state index is 12.5. The van der Waals surface area contributed by atoms with Gasteiger partial charge in [0.25, 0.3) is 0 Å². The van der Waals surface area contributed by atoms with Crippen molar-refractivity contribution < 1.29 is 8.78 Å². The highest BCUT2D eigenvalue weighted by atomic mass is 19.3. The zero-order valence-electron chi connectivity index (χ0n) is 9.96. The third kappa shape index (κ3) is 3.65. The van der Waals surface area contributed by atoms with Gasteiger partial charge in [0, 0.05) is 6.42 Å². The molecule has 0 aromatic heterocycles. The van der Waals surface area contributed by atoms with Crippen LogP contribution >= 0.6 is 0 Å². The molecule has 2 heteroatoms.